The standard InChI is InChI=1S/C21H21FN4O3/c1-29-12-19(27)26-10-15-9-25(21(28)18-5-13(7-23)8-24-18)11-17(15)20(26)14-3-2-4-16(22)6-14/h2-6,8,15,17,20,24H,9-12H2,1H3/t15-,17-,20+/m1/s1. The van der Waals surface area contributed by atoms with Crippen molar-refractivity contribution in [3.63, 3.8) is 0 Å². The summed E-state index contributed by atoms with van der Waals surface area (Å²) in [5.41, 5.74) is 1.50. The number of hydrogen-bond acceptors (Lipinski definition) is 4. The summed E-state index contributed by atoms with van der Waals surface area (Å²) in [6.45, 7) is 1.43. The van der Waals surface area contributed by atoms with Gasteiger partial charge in [-0.2, -0.15) is 5.26 Å². The Bertz CT molecular complexity index is 982. The van der Waals surface area contributed by atoms with Crippen LogP contribution < -0.4 is 0 Å². The maximum Gasteiger partial charge on any atom is 0.270 e. The van der Waals surface area contributed by atoms with Gasteiger partial charge in [0.1, 0.15) is 24.2 Å². The molecule has 0 spiro atoms. The van der Waals surface area contributed by atoms with Crippen molar-refractivity contribution >= 4 is 11.8 Å². The van der Waals surface area contributed by atoms with Crippen LogP contribution in [0.2, 0.25) is 0 Å². The Morgan fingerprint density at radius 2 is 2.14 bits per heavy atom. The lowest BCUT2D eigenvalue weighted by Crippen LogP contribution is -2.39. The number of likely N-dealkylation sites (tertiary alicyclic amines) is 2. The number of carbonyl (C=O) groups excluding carboxylic acids is 2. The van der Waals surface area contributed by atoms with Crippen molar-refractivity contribution in [3.8, 4) is 6.07 Å². The average Bonchev–Trinajstić information content (AvgIpc) is 3.41. The van der Waals surface area contributed by atoms with Gasteiger partial charge < -0.3 is 19.5 Å². The normalized spacial score (nSPS) is 23.1. The number of amides is 2. The lowest BCUT2D eigenvalue weighted by atomic mass is 9.89. The number of halogens is 1. The molecule has 2 saturated heterocycles. The maximum absolute atomic E-state index is 13.9. The highest BCUT2D eigenvalue weighted by Gasteiger charge is 2.50. The molecule has 2 aliphatic heterocycles. The Labute approximate surface area is 167 Å². The number of nitrogens with one attached hydrogen (secondary N) is 1. The Hall–Kier alpha value is -3.18. The summed E-state index contributed by atoms with van der Waals surface area (Å²) in [6, 6.07) is 9.51. The smallest absolute Gasteiger partial charge is 0.270 e. The lowest BCUT2D eigenvalue weighted by molar-refractivity contribution is -0.136. The highest BCUT2D eigenvalue weighted by atomic mass is 19.1. The number of nitrogens with zero attached hydrogens (tertiary/aromatic N) is 3. The van der Waals surface area contributed by atoms with Crippen LogP contribution in [0.5, 0.6) is 0 Å². The summed E-state index contributed by atoms with van der Waals surface area (Å²) >= 11 is 0. The molecular weight excluding hydrogens is 375 g/mol. The molecule has 2 amide bonds. The molecule has 3 heterocycles. The van der Waals surface area contributed by atoms with E-state index in [9.17, 15) is 14.0 Å². The first-order valence-corrected chi connectivity index (χ1v) is 9.43. The molecule has 0 aliphatic carbocycles. The van der Waals surface area contributed by atoms with Gasteiger partial charge in [-0.15, -0.1) is 0 Å². The molecule has 29 heavy (non-hydrogen) atoms. The highest BCUT2D eigenvalue weighted by Crippen LogP contribution is 2.45. The van der Waals surface area contributed by atoms with Crippen molar-refractivity contribution in [2.45, 2.75) is 6.04 Å². The van der Waals surface area contributed by atoms with Crippen LogP contribution in [0.1, 0.15) is 27.7 Å². The predicted molar refractivity (Wildman–Crippen MR) is 101 cm³/mol. The number of nitriles is 1. The fourth-order valence-electron chi connectivity index (χ4n) is 4.54. The largest absolute Gasteiger partial charge is 0.375 e. The summed E-state index contributed by atoms with van der Waals surface area (Å²) < 4.78 is 18.9. The van der Waals surface area contributed by atoms with E-state index in [4.69, 9.17) is 10.00 Å². The highest BCUT2D eigenvalue weighted by molar-refractivity contribution is 5.93. The van der Waals surface area contributed by atoms with Gasteiger partial charge in [-0.25, -0.2) is 4.39 Å². The maximum atomic E-state index is 13.9. The van der Waals surface area contributed by atoms with E-state index in [1.165, 1.54) is 31.5 Å². The summed E-state index contributed by atoms with van der Waals surface area (Å²) in [5.74, 6) is -0.567. The molecule has 3 atom stereocenters. The first kappa shape index (κ1) is 19.2. The van der Waals surface area contributed by atoms with Gasteiger partial charge in [-0.05, 0) is 23.8 Å². The van der Waals surface area contributed by atoms with E-state index < -0.39 is 0 Å². The Morgan fingerprint density at radius 3 is 2.83 bits per heavy atom. The number of H-pyrrole nitrogens is 1. The minimum atomic E-state index is -0.355. The van der Waals surface area contributed by atoms with Crippen LogP contribution in [-0.4, -0.2) is 59.9 Å². The molecule has 1 aromatic heterocycles. The van der Waals surface area contributed by atoms with Crippen LogP contribution in [0.4, 0.5) is 4.39 Å². The second-order valence-electron chi connectivity index (χ2n) is 7.53. The number of rotatable bonds is 4. The molecule has 8 heteroatoms. The van der Waals surface area contributed by atoms with Crippen molar-refractivity contribution < 1.29 is 18.7 Å². The van der Waals surface area contributed by atoms with Gasteiger partial charge in [0.25, 0.3) is 5.91 Å². The van der Waals surface area contributed by atoms with Crippen LogP contribution in [0.15, 0.2) is 36.5 Å². The third kappa shape index (κ3) is 3.49. The first-order valence-electron chi connectivity index (χ1n) is 9.43. The molecule has 2 aliphatic rings. The summed E-state index contributed by atoms with van der Waals surface area (Å²) in [6.07, 6.45) is 1.50. The number of fused-ring (bicyclic) bond motifs is 1. The quantitative estimate of drug-likeness (QED) is 0.855. The summed E-state index contributed by atoms with van der Waals surface area (Å²) in [5, 5.41) is 8.96. The topological polar surface area (TPSA) is 89.4 Å². The summed E-state index contributed by atoms with van der Waals surface area (Å²) in [4.78, 5) is 31.8. The van der Waals surface area contributed by atoms with Gasteiger partial charge >= 0.3 is 0 Å². The van der Waals surface area contributed by atoms with Crippen molar-refractivity contribution in [1.82, 2.24) is 14.8 Å². The fourth-order valence-corrected chi connectivity index (χ4v) is 4.54. The Morgan fingerprint density at radius 1 is 1.31 bits per heavy atom. The van der Waals surface area contributed by atoms with Crippen molar-refractivity contribution in [3.05, 3.63) is 59.2 Å². The molecule has 0 bridgehead atoms. The molecule has 0 radical (unpaired) electrons. The minimum absolute atomic E-state index is 0.00644. The van der Waals surface area contributed by atoms with Crippen molar-refractivity contribution in [2.75, 3.05) is 33.4 Å². The molecule has 0 saturated carbocycles. The Balaban J connectivity index is 1.59. The number of methoxy groups -OCH3 is 1. The predicted octanol–water partition coefficient (Wildman–Crippen LogP) is 1.94. The first-order chi connectivity index (χ1) is 14.0. The molecule has 7 nitrogen and oxygen atoms in total. The summed E-state index contributed by atoms with van der Waals surface area (Å²) in [7, 11) is 1.47. The molecule has 2 fully saturated rings. The van der Waals surface area contributed by atoms with E-state index >= 15 is 0 Å². The van der Waals surface area contributed by atoms with Gasteiger partial charge in [-0.1, -0.05) is 12.1 Å². The number of ether oxygens (including phenoxy) is 1. The second kappa shape index (κ2) is 7.68. The van der Waals surface area contributed by atoms with E-state index in [0.717, 1.165) is 5.56 Å². The molecule has 0 unspecified atom stereocenters. The fraction of sp³-hybridized carbons (Fsp3) is 0.381. The van der Waals surface area contributed by atoms with E-state index in [2.05, 4.69) is 4.98 Å². The zero-order chi connectivity index (χ0) is 20.5. The molecule has 4 rings (SSSR count). The molecule has 2 aromatic rings. The van der Waals surface area contributed by atoms with Crippen LogP contribution in [-0.2, 0) is 9.53 Å². The van der Waals surface area contributed by atoms with E-state index in [0.29, 0.717) is 30.9 Å². The van der Waals surface area contributed by atoms with E-state index in [1.54, 1.807) is 15.9 Å². The molecular formula is C21H21FN4O3. The van der Waals surface area contributed by atoms with Gasteiger partial charge in [0.15, 0.2) is 0 Å². The minimum Gasteiger partial charge on any atom is -0.375 e. The van der Waals surface area contributed by atoms with Gasteiger partial charge in [0.05, 0.1) is 11.6 Å². The molecule has 1 aromatic carbocycles. The van der Waals surface area contributed by atoms with Crippen molar-refractivity contribution in [2.24, 2.45) is 11.8 Å². The van der Waals surface area contributed by atoms with Crippen LogP contribution in [0, 0.1) is 29.0 Å². The Kier molecular flexibility index (Phi) is 5.07. The van der Waals surface area contributed by atoms with Gasteiger partial charge in [0.2, 0.25) is 5.91 Å². The van der Waals surface area contributed by atoms with Crippen LogP contribution in [0.3, 0.4) is 0 Å². The van der Waals surface area contributed by atoms with Gasteiger partial charge in [-0.3, -0.25) is 9.59 Å². The average molecular weight is 396 g/mol. The van der Waals surface area contributed by atoms with E-state index in [-0.39, 0.29) is 42.1 Å². The van der Waals surface area contributed by atoms with Crippen LogP contribution in [0.25, 0.3) is 0 Å². The second-order valence-corrected chi connectivity index (χ2v) is 7.53. The van der Waals surface area contributed by atoms with Gasteiger partial charge in [0, 0.05) is 44.8 Å². The van der Waals surface area contributed by atoms with E-state index in [1.807, 2.05) is 12.1 Å². The molecule has 150 valence electrons. The number of carbonyl (C=O) groups is 2. The zero-order valence-corrected chi connectivity index (χ0v) is 16.0. The molecule has 1 N–H and O–H groups in total. The monoisotopic (exact) mass is 396 g/mol. The SMILES string of the molecule is COCC(=O)N1C[C@H]2CN(C(=O)c3cc(C#N)c[nH]3)C[C@H]2[C@@H]1c1cccc(F)c1. The third-order valence-electron chi connectivity index (χ3n) is 5.77. The number of benzene rings is 1. The number of aromatic nitrogens is 1. The lowest BCUT2D eigenvalue weighted by Gasteiger charge is -2.30. The zero-order valence-electron chi connectivity index (χ0n) is 16.0. The number of aromatic amines is 1. The third-order valence-corrected chi connectivity index (χ3v) is 5.77. The van der Waals surface area contributed by atoms with Crippen molar-refractivity contribution in [1.29, 1.82) is 5.26 Å². The van der Waals surface area contributed by atoms with Crippen LogP contribution >= 0.6 is 0 Å². The number of hydrogen-bond donors (Lipinski definition) is 1.